The number of piperidine rings is 1. The first kappa shape index (κ1) is 17.6. The number of likely N-dealkylation sites (tertiary alicyclic amines) is 1. The number of rotatable bonds is 3. The van der Waals surface area contributed by atoms with E-state index in [4.69, 9.17) is 10.7 Å². The molecule has 2 N–H and O–H groups in total. The number of guanidine groups is 1. The van der Waals surface area contributed by atoms with E-state index in [2.05, 4.69) is 42.2 Å². The van der Waals surface area contributed by atoms with Gasteiger partial charge >= 0.3 is 0 Å². The first-order chi connectivity index (χ1) is 10.2. The predicted octanol–water partition coefficient (Wildman–Crippen LogP) is 3.77. The summed E-state index contributed by atoms with van der Waals surface area (Å²) in [5.74, 6) is 1.58. The summed E-state index contributed by atoms with van der Waals surface area (Å²) in [5.41, 5.74) is 7.91. The van der Waals surface area contributed by atoms with E-state index in [1.807, 2.05) is 0 Å². The van der Waals surface area contributed by atoms with Gasteiger partial charge in [-0.25, -0.2) is 0 Å². The fourth-order valence-electron chi connectivity index (χ4n) is 3.50. The Morgan fingerprint density at radius 2 is 1.86 bits per heavy atom. The fourth-order valence-corrected chi connectivity index (χ4v) is 3.50. The molecule has 4 heteroatoms. The summed E-state index contributed by atoms with van der Waals surface area (Å²) < 4.78 is 0. The van der Waals surface area contributed by atoms with E-state index in [1.165, 1.54) is 37.7 Å². The minimum atomic E-state index is 0. The number of hydrogen-bond acceptors (Lipinski definition) is 1. The molecule has 0 aromatic heterocycles. The van der Waals surface area contributed by atoms with Gasteiger partial charge in [0.25, 0.3) is 0 Å². The van der Waals surface area contributed by atoms with Crippen LogP contribution in [0, 0.1) is 5.92 Å². The molecule has 0 bridgehead atoms. The van der Waals surface area contributed by atoms with E-state index < -0.39 is 0 Å². The molecule has 2 fully saturated rings. The van der Waals surface area contributed by atoms with Crippen molar-refractivity contribution >= 4 is 29.9 Å². The molecule has 1 aliphatic carbocycles. The van der Waals surface area contributed by atoms with Gasteiger partial charge in [-0.15, -0.1) is 24.0 Å². The van der Waals surface area contributed by atoms with Crippen molar-refractivity contribution in [3.8, 4) is 0 Å². The summed E-state index contributed by atoms with van der Waals surface area (Å²) in [6.45, 7) is 5.29. The molecular formula is C18H28IN3. The van der Waals surface area contributed by atoms with Crippen LogP contribution in [-0.2, 0) is 5.41 Å². The van der Waals surface area contributed by atoms with Crippen LogP contribution in [0.1, 0.15) is 44.6 Å². The van der Waals surface area contributed by atoms with Gasteiger partial charge in [0.2, 0.25) is 0 Å². The van der Waals surface area contributed by atoms with Crippen molar-refractivity contribution in [2.24, 2.45) is 16.6 Å². The molecule has 3 nitrogen and oxygen atoms in total. The maximum absolute atomic E-state index is 6.23. The fraction of sp³-hybridized carbons (Fsp3) is 0.611. The average molecular weight is 413 g/mol. The van der Waals surface area contributed by atoms with Crippen molar-refractivity contribution in [3.05, 3.63) is 35.9 Å². The molecule has 1 heterocycles. The topological polar surface area (TPSA) is 41.6 Å². The van der Waals surface area contributed by atoms with Crippen LogP contribution in [0.3, 0.4) is 0 Å². The van der Waals surface area contributed by atoms with Gasteiger partial charge < -0.3 is 10.6 Å². The summed E-state index contributed by atoms with van der Waals surface area (Å²) in [5, 5.41) is 0. The quantitative estimate of drug-likeness (QED) is 0.466. The van der Waals surface area contributed by atoms with Crippen molar-refractivity contribution < 1.29 is 0 Å². The lowest BCUT2D eigenvalue weighted by molar-refractivity contribution is 0.248. The molecule has 0 spiro atoms. The van der Waals surface area contributed by atoms with Gasteiger partial charge in [-0.2, -0.15) is 0 Å². The molecule has 0 unspecified atom stereocenters. The van der Waals surface area contributed by atoms with E-state index in [-0.39, 0.29) is 29.4 Å². The Balaban J connectivity index is 0.00000176. The number of halogens is 1. The van der Waals surface area contributed by atoms with Gasteiger partial charge in [0.05, 0.1) is 6.54 Å². The molecule has 3 rings (SSSR count). The van der Waals surface area contributed by atoms with Crippen LogP contribution < -0.4 is 5.73 Å². The van der Waals surface area contributed by atoms with Crippen molar-refractivity contribution in [2.75, 3.05) is 19.6 Å². The second kappa shape index (κ2) is 7.66. The molecule has 1 aliphatic heterocycles. The average Bonchev–Trinajstić information content (AvgIpc) is 2.48. The molecule has 1 aromatic carbocycles. The SMILES string of the molecule is CC1CCN(C(N)=NCC2(c3ccccc3)CCC2)CC1.I. The first-order valence-electron chi connectivity index (χ1n) is 8.30. The monoisotopic (exact) mass is 413 g/mol. The molecule has 2 aliphatic rings. The van der Waals surface area contributed by atoms with Crippen LogP contribution >= 0.6 is 24.0 Å². The van der Waals surface area contributed by atoms with Crippen LogP contribution in [0.5, 0.6) is 0 Å². The summed E-state index contributed by atoms with van der Waals surface area (Å²) in [6.07, 6.45) is 6.27. The maximum atomic E-state index is 6.23. The Kier molecular flexibility index (Phi) is 6.12. The molecule has 0 radical (unpaired) electrons. The first-order valence-corrected chi connectivity index (χ1v) is 8.30. The Morgan fingerprint density at radius 1 is 1.23 bits per heavy atom. The minimum absolute atomic E-state index is 0. The van der Waals surface area contributed by atoms with Crippen molar-refractivity contribution in [2.45, 2.75) is 44.4 Å². The molecule has 0 atom stereocenters. The van der Waals surface area contributed by atoms with Crippen molar-refractivity contribution in [1.29, 1.82) is 0 Å². The molecule has 1 saturated carbocycles. The second-order valence-electron chi connectivity index (χ2n) is 6.84. The normalized spacial score (nSPS) is 21.9. The Bertz CT molecular complexity index is 488. The predicted molar refractivity (Wildman–Crippen MR) is 104 cm³/mol. The zero-order valence-electron chi connectivity index (χ0n) is 13.5. The zero-order valence-corrected chi connectivity index (χ0v) is 15.8. The largest absolute Gasteiger partial charge is 0.370 e. The third-order valence-corrected chi connectivity index (χ3v) is 5.35. The maximum Gasteiger partial charge on any atom is 0.191 e. The number of benzene rings is 1. The van der Waals surface area contributed by atoms with Gasteiger partial charge in [-0.1, -0.05) is 43.7 Å². The highest BCUT2D eigenvalue weighted by Crippen LogP contribution is 2.43. The highest BCUT2D eigenvalue weighted by Gasteiger charge is 2.38. The van der Waals surface area contributed by atoms with E-state index in [0.29, 0.717) is 0 Å². The number of hydrogen-bond donors (Lipinski definition) is 1. The van der Waals surface area contributed by atoms with Crippen LogP contribution in [0.25, 0.3) is 0 Å². The second-order valence-corrected chi connectivity index (χ2v) is 6.84. The molecule has 1 aromatic rings. The minimum Gasteiger partial charge on any atom is -0.370 e. The highest BCUT2D eigenvalue weighted by atomic mass is 127. The van der Waals surface area contributed by atoms with Crippen LogP contribution in [0.2, 0.25) is 0 Å². The lowest BCUT2D eigenvalue weighted by Crippen LogP contribution is -2.44. The summed E-state index contributed by atoms with van der Waals surface area (Å²) in [6, 6.07) is 10.8. The zero-order chi connectivity index (χ0) is 14.7. The third-order valence-electron chi connectivity index (χ3n) is 5.35. The summed E-state index contributed by atoms with van der Waals surface area (Å²) >= 11 is 0. The Morgan fingerprint density at radius 3 is 2.41 bits per heavy atom. The summed E-state index contributed by atoms with van der Waals surface area (Å²) in [7, 11) is 0. The van der Waals surface area contributed by atoms with Gasteiger partial charge in [0, 0.05) is 18.5 Å². The van der Waals surface area contributed by atoms with Crippen LogP contribution in [-0.4, -0.2) is 30.5 Å². The van der Waals surface area contributed by atoms with E-state index in [0.717, 1.165) is 31.5 Å². The molecule has 1 saturated heterocycles. The number of nitrogens with two attached hydrogens (primary N) is 1. The molecular weight excluding hydrogens is 385 g/mol. The standard InChI is InChI=1S/C18H27N3.HI/c1-15-8-12-21(13-9-15)17(19)20-14-18(10-5-11-18)16-6-3-2-4-7-16;/h2-4,6-7,15H,5,8-14H2,1H3,(H2,19,20);1H. The van der Waals surface area contributed by atoms with Crippen molar-refractivity contribution in [1.82, 2.24) is 4.90 Å². The molecule has 22 heavy (non-hydrogen) atoms. The molecule has 122 valence electrons. The van der Waals surface area contributed by atoms with E-state index in [9.17, 15) is 0 Å². The smallest absolute Gasteiger partial charge is 0.191 e. The number of nitrogens with zero attached hydrogens (tertiary/aromatic N) is 2. The number of aliphatic imine (C=N–C) groups is 1. The van der Waals surface area contributed by atoms with Gasteiger partial charge in [-0.3, -0.25) is 4.99 Å². The van der Waals surface area contributed by atoms with Gasteiger partial charge in [0.1, 0.15) is 0 Å². The van der Waals surface area contributed by atoms with Gasteiger partial charge in [0.15, 0.2) is 5.96 Å². The van der Waals surface area contributed by atoms with E-state index in [1.54, 1.807) is 0 Å². The summed E-state index contributed by atoms with van der Waals surface area (Å²) in [4.78, 5) is 7.03. The third kappa shape index (κ3) is 3.76. The van der Waals surface area contributed by atoms with Crippen LogP contribution in [0.15, 0.2) is 35.3 Å². The molecule has 0 amide bonds. The van der Waals surface area contributed by atoms with Crippen LogP contribution in [0.4, 0.5) is 0 Å². The Labute approximate surface area is 151 Å². The Hall–Kier alpha value is -0.780. The lowest BCUT2D eigenvalue weighted by Gasteiger charge is -2.41. The van der Waals surface area contributed by atoms with Gasteiger partial charge in [-0.05, 0) is 37.2 Å². The lowest BCUT2D eigenvalue weighted by atomic mass is 9.64. The van der Waals surface area contributed by atoms with Crippen molar-refractivity contribution in [3.63, 3.8) is 0 Å². The highest BCUT2D eigenvalue weighted by molar-refractivity contribution is 14.0. The van der Waals surface area contributed by atoms with E-state index >= 15 is 0 Å².